The third-order valence-electron chi connectivity index (χ3n) is 2.76. The molecule has 4 nitrogen and oxygen atoms in total. The highest BCUT2D eigenvalue weighted by molar-refractivity contribution is 14.1. The SMILES string of the molecule is CC(N[S+]([O-])C(C)(C)C)C1CCC(I)C(O)O1. The fraction of sp³-hybridized carbons (Fsp3) is 1.00. The van der Waals surface area contributed by atoms with Crippen molar-refractivity contribution in [3.8, 4) is 0 Å². The van der Waals surface area contributed by atoms with Gasteiger partial charge in [0.05, 0.1) is 16.1 Å². The van der Waals surface area contributed by atoms with Crippen molar-refractivity contribution in [3.63, 3.8) is 0 Å². The van der Waals surface area contributed by atoms with Gasteiger partial charge in [-0.2, -0.15) is 0 Å². The Morgan fingerprint density at radius 1 is 1.47 bits per heavy atom. The van der Waals surface area contributed by atoms with Crippen LogP contribution in [0, 0.1) is 0 Å². The molecule has 102 valence electrons. The van der Waals surface area contributed by atoms with Crippen LogP contribution < -0.4 is 4.72 Å². The lowest BCUT2D eigenvalue weighted by Gasteiger charge is -2.35. The largest absolute Gasteiger partial charge is 0.598 e. The van der Waals surface area contributed by atoms with Crippen LogP contribution in [0.1, 0.15) is 40.5 Å². The van der Waals surface area contributed by atoms with Crippen molar-refractivity contribution in [3.05, 3.63) is 0 Å². The van der Waals surface area contributed by atoms with Crippen LogP contribution in [-0.4, -0.2) is 36.8 Å². The Morgan fingerprint density at radius 2 is 2.06 bits per heavy atom. The minimum atomic E-state index is -1.10. The van der Waals surface area contributed by atoms with Gasteiger partial charge in [-0.15, -0.1) is 4.72 Å². The summed E-state index contributed by atoms with van der Waals surface area (Å²) in [7, 11) is 0. The molecule has 0 spiro atoms. The van der Waals surface area contributed by atoms with Crippen LogP contribution in [0.5, 0.6) is 0 Å². The highest BCUT2D eigenvalue weighted by Crippen LogP contribution is 2.26. The zero-order valence-corrected chi connectivity index (χ0v) is 13.7. The summed E-state index contributed by atoms with van der Waals surface area (Å²) in [5.41, 5.74) is 0. The molecule has 1 saturated heterocycles. The average Bonchev–Trinajstić information content (AvgIpc) is 2.20. The van der Waals surface area contributed by atoms with Gasteiger partial charge in [-0.1, -0.05) is 22.6 Å². The first-order valence-corrected chi connectivity index (χ1v) is 8.27. The van der Waals surface area contributed by atoms with Gasteiger partial charge in [0.25, 0.3) is 0 Å². The second-order valence-electron chi connectivity index (χ2n) is 5.45. The molecule has 2 N–H and O–H groups in total. The van der Waals surface area contributed by atoms with Gasteiger partial charge < -0.3 is 14.4 Å². The van der Waals surface area contributed by atoms with Crippen molar-refractivity contribution in [2.45, 2.75) is 67.6 Å². The summed E-state index contributed by atoms with van der Waals surface area (Å²) >= 11 is 1.10. The Morgan fingerprint density at radius 3 is 2.53 bits per heavy atom. The molecule has 1 rings (SSSR count). The first-order chi connectivity index (χ1) is 7.71. The van der Waals surface area contributed by atoms with E-state index in [0.717, 1.165) is 12.8 Å². The second kappa shape index (κ2) is 6.38. The van der Waals surface area contributed by atoms with Crippen molar-refractivity contribution in [1.82, 2.24) is 4.72 Å². The minimum absolute atomic E-state index is 0.0198. The molecule has 17 heavy (non-hydrogen) atoms. The number of ether oxygens (including phenoxy) is 1. The van der Waals surface area contributed by atoms with E-state index in [1.54, 1.807) is 0 Å². The van der Waals surface area contributed by atoms with Crippen LogP contribution >= 0.6 is 22.6 Å². The molecule has 0 bridgehead atoms. The Hall–Kier alpha value is 0.920. The van der Waals surface area contributed by atoms with Crippen molar-refractivity contribution < 1.29 is 14.4 Å². The van der Waals surface area contributed by atoms with Crippen LogP contribution in [0.15, 0.2) is 0 Å². The Kier molecular flexibility index (Phi) is 6.00. The highest BCUT2D eigenvalue weighted by Gasteiger charge is 2.35. The second-order valence-corrected chi connectivity index (χ2v) is 9.04. The topological polar surface area (TPSA) is 64.5 Å². The predicted molar refractivity (Wildman–Crippen MR) is 78.4 cm³/mol. The zero-order chi connectivity index (χ0) is 13.2. The summed E-state index contributed by atoms with van der Waals surface area (Å²) in [4.78, 5) is 0. The molecule has 0 amide bonds. The van der Waals surface area contributed by atoms with Gasteiger partial charge >= 0.3 is 0 Å². The summed E-state index contributed by atoms with van der Waals surface area (Å²) in [6.07, 6.45) is 1.05. The predicted octanol–water partition coefficient (Wildman–Crippen LogP) is 1.73. The molecule has 0 aliphatic carbocycles. The third kappa shape index (κ3) is 4.83. The number of halogens is 1. The van der Waals surface area contributed by atoms with Crippen molar-refractivity contribution in [2.24, 2.45) is 0 Å². The monoisotopic (exact) mass is 375 g/mol. The molecule has 0 aromatic carbocycles. The van der Waals surface area contributed by atoms with E-state index < -0.39 is 17.7 Å². The molecule has 0 saturated carbocycles. The number of hydrogen-bond acceptors (Lipinski definition) is 4. The standard InChI is InChI=1S/C11H22INO3S/c1-7(13-17(15)11(2,3)4)9-6-5-8(12)10(14)16-9/h7-10,13-14H,5-6H2,1-4H3. The normalized spacial score (nSPS) is 34.4. The van der Waals surface area contributed by atoms with Gasteiger partial charge in [0.1, 0.15) is 4.75 Å². The van der Waals surface area contributed by atoms with E-state index in [-0.39, 0.29) is 20.8 Å². The molecular formula is C11H22INO3S. The van der Waals surface area contributed by atoms with E-state index in [9.17, 15) is 9.66 Å². The van der Waals surface area contributed by atoms with Crippen LogP contribution in [0.4, 0.5) is 0 Å². The van der Waals surface area contributed by atoms with Gasteiger partial charge in [0.2, 0.25) is 0 Å². The fourth-order valence-corrected chi connectivity index (χ4v) is 2.96. The van der Waals surface area contributed by atoms with Crippen molar-refractivity contribution >= 4 is 34.0 Å². The van der Waals surface area contributed by atoms with E-state index in [1.807, 2.05) is 27.7 Å². The van der Waals surface area contributed by atoms with Gasteiger partial charge in [-0.05, 0) is 40.5 Å². The maximum atomic E-state index is 11.9. The minimum Gasteiger partial charge on any atom is -0.598 e. The number of rotatable bonds is 3. The number of nitrogens with one attached hydrogen (secondary N) is 1. The van der Waals surface area contributed by atoms with E-state index in [4.69, 9.17) is 4.74 Å². The zero-order valence-electron chi connectivity index (χ0n) is 10.8. The maximum absolute atomic E-state index is 11.9. The van der Waals surface area contributed by atoms with Gasteiger partial charge in [0, 0.05) is 11.4 Å². The van der Waals surface area contributed by atoms with Crippen molar-refractivity contribution in [1.29, 1.82) is 0 Å². The summed E-state index contributed by atoms with van der Waals surface area (Å²) in [5.74, 6) is 0. The van der Waals surface area contributed by atoms with Crippen LogP contribution in [-0.2, 0) is 16.1 Å². The molecule has 5 unspecified atom stereocenters. The summed E-state index contributed by atoms with van der Waals surface area (Å²) in [5, 5.41) is 9.66. The molecule has 1 aliphatic heterocycles. The number of aliphatic hydroxyl groups excluding tert-OH is 1. The van der Waals surface area contributed by atoms with Gasteiger partial charge in [0.15, 0.2) is 6.29 Å². The van der Waals surface area contributed by atoms with Crippen LogP contribution in [0.2, 0.25) is 0 Å². The van der Waals surface area contributed by atoms with E-state index in [0.29, 0.717) is 0 Å². The summed E-state index contributed by atoms with van der Waals surface area (Å²) in [6, 6.07) is -0.0198. The Labute approximate surface area is 120 Å². The Balaban J connectivity index is 2.46. The average molecular weight is 375 g/mol. The third-order valence-corrected chi connectivity index (χ3v) is 5.69. The number of hydrogen-bond donors (Lipinski definition) is 2. The molecule has 0 aromatic heterocycles. The fourth-order valence-electron chi connectivity index (χ4n) is 1.59. The molecule has 1 aliphatic rings. The van der Waals surface area contributed by atoms with E-state index in [2.05, 4.69) is 27.3 Å². The van der Waals surface area contributed by atoms with E-state index in [1.165, 1.54) is 0 Å². The molecule has 6 heteroatoms. The van der Waals surface area contributed by atoms with Crippen LogP contribution in [0.25, 0.3) is 0 Å². The Bertz CT molecular complexity index is 249. The summed E-state index contributed by atoms with van der Waals surface area (Å²) in [6.45, 7) is 7.75. The van der Waals surface area contributed by atoms with E-state index >= 15 is 0 Å². The lowest BCUT2D eigenvalue weighted by molar-refractivity contribution is -0.160. The van der Waals surface area contributed by atoms with Gasteiger partial charge in [-0.25, -0.2) is 0 Å². The molecular weight excluding hydrogens is 353 g/mol. The molecule has 1 heterocycles. The van der Waals surface area contributed by atoms with Crippen molar-refractivity contribution in [2.75, 3.05) is 0 Å². The lowest BCUT2D eigenvalue weighted by atomic mass is 10.0. The van der Waals surface area contributed by atoms with Crippen LogP contribution in [0.3, 0.4) is 0 Å². The summed E-state index contributed by atoms with van der Waals surface area (Å²) < 4.78 is 20.4. The smallest absolute Gasteiger partial charge is 0.166 e. The molecule has 0 aromatic rings. The highest BCUT2D eigenvalue weighted by atomic mass is 127. The molecule has 0 radical (unpaired) electrons. The lowest BCUT2D eigenvalue weighted by Crippen LogP contribution is -2.51. The number of aliphatic hydroxyl groups is 1. The first-order valence-electron chi connectivity index (χ1n) is 5.87. The first kappa shape index (κ1) is 16.0. The quantitative estimate of drug-likeness (QED) is 0.448. The number of alkyl halides is 1. The molecule has 1 fully saturated rings. The molecule has 5 atom stereocenters. The maximum Gasteiger partial charge on any atom is 0.166 e. The van der Waals surface area contributed by atoms with Gasteiger partial charge in [-0.3, -0.25) is 0 Å².